The zero-order valence-corrected chi connectivity index (χ0v) is 13.2. The molecule has 0 spiro atoms. The van der Waals surface area contributed by atoms with Crippen molar-refractivity contribution in [2.75, 3.05) is 0 Å². The van der Waals surface area contributed by atoms with Crippen molar-refractivity contribution >= 4 is 0 Å². The smallest absolute Gasteiger partial charge is 0.387 e. The van der Waals surface area contributed by atoms with Crippen molar-refractivity contribution in [2.45, 2.75) is 71.6 Å². The van der Waals surface area contributed by atoms with Crippen LogP contribution < -0.4 is 10.1 Å². The molecule has 0 aliphatic rings. The molecule has 120 valence electrons. The monoisotopic (exact) mass is 299 g/mol. The SMILES string of the molecule is CCCCC(CCC)NC(C)c1ccc(OC(F)F)cc1. The van der Waals surface area contributed by atoms with Gasteiger partial charge >= 0.3 is 6.61 Å². The molecule has 2 unspecified atom stereocenters. The summed E-state index contributed by atoms with van der Waals surface area (Å²) in [6, 6.07) is 7.61. The maximum Gasteiger partial charge on any atom is 0.387 e. The predicted octanol–water partition coefficient (Wildman–Crippen LogP) is 5.30. The summed E-state index contributed by atoms with van der Waals surface area (Å²) in [6.45, 7) is 3.74. The molecular formula is C17H27F2NO. The Morgan fingerprint density at radius 2 is 1.71 bits per heavy atom. The molecule has 1 N–H and O–H groups in total. The molecule has 0 fully saturated rings. The standard InChI is InChI=1S/C17H27F2NO/c1-4-6-8-15(7-5-2)20-13(3)14-9-11-16(12-10-14)21-17(18)19/h9-13,15,17,20H,4-8H2,1-3H3. The fourth-order valence-corrected chi connectivity index (χ4v) is 2.50. The van der Waals surface area contributed by atoms with E-state index in [-0.39, 0.29) is 11.8 Å². The molecular weight excluding hydrogens is 272 g/mol. The van der Waals surface area contributed by atoms with E-state index in [0.29, 0.717) is 6.04 Å². The van der Waals surface area contributed by atoms with E-state index in [1.165, 1.54) is 19.3 Å². The molecule has 2 atom stereocenters. The normalized spacial score (nSPS) is 14.2. The number of rotatable bonds is 10. The second kappa shape index (κ2) is 9.72. The van der Waals surface area contributed by atoms with Crippen LogP contribution in [0.1, 0.15) is 64.5 Å². The highest BCUT2D eigenvalue weighted by molar-refractivity contribution is 5.29. The lowest BCUT2D eigenvalue weighted by atomic mass is 10.0. The lowest BCUT2D eigenvalue weighted by Crippen LogP contribution is -2.31. The van der Waals surface area contributed by atoms with E-state index in [4.69, 9.17) is 0 Å². The summed E-state index contributed by atoms with van der Waals surface area (Å²) in [6.07, 6.45) is 5.94. The van der Waals surface area contributed by atoms with Gasteiger partial charge < -0.3 is 10.1 Å². The lowest BCUT2D eigenvalue weighted by Gasteiger charge is -2.23. The van der Waals surface area contributed by atoms with Gasteiger partial charge in [0.25, 0.3) is 0 Å². The number of hydrogen-bond donors (Lipinski definition) is 1. The third-order valence-electron chi connectivity index (χ3n) is 3.63. The van der Waals surface area contributed by atoms with Crippen LogP contribution in [0.3, 0.4) is 0 Å². The van der Waals surface area contributed by atoms with Crippen molar-refractivity contribution in [3.63, 3.8) is 0 Å². The minimum Gasteiger partial charge on any atom is -0.435 e. The third kappa shape index (κ3) is 6.89. The second-order valence-corrected chi connectivity index (χ2v) is 5.46. The van der Waals surface area contributed by atoms with E-state index in [0.717, 1.165) is 18.4 Å². The van der Waals surface area contributed by atoms with Gasteiger partial charge in [0.15, 0.2) is 0 Å². The van der Waals surface area contributed by atoms with Gasteiger partial charge in [0, 0.05) is 12.1 Å². The Bertz CT molecular complexity index is 381. The van der Waals surface area contributed by atoms with Gasteiger partial charge in [-0.25, -0.2) is 0 Å². The molecule has 0 aromatic heterocycles. The first-order valence-corrected chi connectivity index (χ1v) is 7.87. The minimum atomic E-state index is -2.77. The van der Waals surface area contributed by atoms with Crippen molar-refractivity contribution in [3.8, 4) is 5.75 Å². The van der Waals surface area contributed by atoms with E-state index >= 15 is 0 Å². The van der Waals surface area contributed by atoms with Gasteiger partial charge in [0.2, 0.25) is 0 Å². The predicted molar refractivity (Wildman–Crippen MR) is 82.8 cm³/mol. The van der Waals surface area contributed by atoms with Crippen molar-refractivity contribution in [3.05, 3.63) is 29.8 Å². The number of hydrogen-bond acceptors (Lipinski definition) is 2. The first-order chi connectivity index (χ1) is 10.1. The van der Waals surface area contributed by atoms with Crippen LogP contribution in [0.4, 0.5) is 8.78 Å². The van der Waals surface area contributed by atoms with Gasteiger partial charge in [-0.2, -0.15) is 8.78 Å². The van der Waals surface area contributed by atoms with E-state index in [2.05, 4.69) is 30.8 Å². The number of ether oxygens (including phenoxy) is 1. The number of nitrogens with one attached hydrogen (secondary N) is 1. The van der Waals surface area contributed by atoms with Gasteiger partial charge in [0.05, 0.1) is 0 Å². The Kier molecular flexibility index (Phi) is 8.28. The maximum absolute atomic E-state index is 12.1. The summed E-state index contributed by atoms with van der Waals surface area (Å²) in [5.74, 6) is 0.206. The van der Waals surface area contributed by atoms with Gasteiger partial charge in [-0.1, -0.05) is 45.2 Å². The molecule has 0 saturated heterocycles. The highest BCUT2D eigenvalue weighted by Crippen LogP contribution is 2.20. The summed E-state index contributed by atoms with van der Waals surface area (Å²) in [5, 5.41) is 3.64. The van der Waals surface area contributed by atoms with Gasteiger partial charge in [0.1, 0.15) is 5.75 Å². The number of benzene rings is 1. The molecule has 0 aliphatic heterocycles. The van der Waals surface area contributed by atoms with Crippen LogP contribution in [0.25, 0.3) is 0 Å². The van der Waals surface area contributed by atoms with Crippen LogP contribution in [0.15, 0.2) is 24.3 Å². The van der Waals surface area contributed by atoms with E-state index in [1.807, 2.05) is 12.1 Å². The van der Waals surface area contributed by atoms with Crippen LogP contribution in [0, 0.1) is 0 Å². The maximum atomic E-state index is 12.1. The van der Waals surface area contributed by atoms with E-state index < -0.39 is 6.61 Å². The topological polar surface area (TPSA) is 21.3 Å². The molecule has 1 aromatic carbocycles. The Morgan fingerprint density at radius 1 is 1.05 bits per heavy atom. The summed E-state index contributed by atoms with van der Waals surface area (Å²) in [4.78, 5) is 0. The summed E-state index contributed by atoms with van der Waals surface area (Å²) >= 11 is 0. The highest BCUT2D eigenvalue weighted by atomic mass is 19.3. The fraction of sp³-hybridized carbons (Fsp3) is 0.647. The van der Waals surface area contributed by atoms with Crippen LogP contribution in [-0.2, 0) is 0 Å². The first kappa shape index (κ1) is 17.9. The third-order valence-corrected chi connectivity index (χ3v) is 3.63. The molecule has 0 amide bonds. The fourth-order valence-electron chi connectivity index (χ4n) is 2.50. The molecule has 0 heterocycles. The average molecular weight is 299 g/mol. The highest BCUT2D eigenvalue weighted by Gasteiger charge is 2.13. The lowest BCUT2D eigenvalue weighted by molar-refractivity contribution is -0.0498. The zero-order chi connectivity index (χ0) is 15.7. The summed E-state index contributed by atoms with van der Waals surface area (Å²) < 4.78 is 28.6. The summed E-state index contributed by atoms with van der Waals surface area (Å²) in [5.41, 5.74) is 1.09. The van der Waals surface area contributed by atoms with E-state index in [1.54, 1.807) is 12.1 Å². The van der Waals surface area contributed by atoms with Crippen molar-refractivity contribution < 1.29 is 13.5 Å². The van der Waals surface area contributed by atoms with Crippen LogP contribution in [-0.4, -0.2) is 12.7 Å². The molecule has 0 bridgehead atoms. The minimum absolute atomic E-state index is 0.206. The van der Waals surface area contributed by atoms with Gasteiger partial charge in [-0.3, -0.25) is 0 Å². The largest absolute Gasteiger partial charge is 0.435 e. The second-order valence-electron chi connectivity index (χ2n) is 5.46. The Hall–Kier alpha value is -1.16. The van der Waals surface area contributed by atoms with Crippen molar-refractivity contribution in [2.24, 2.45) is 0 Å². The molecule has 2 nitrogen and oxygen atoms in total. The van der Waals surface area contributed by atoms with Crippen LogP contribution in [0.5, 0.6) is 5.75 Å². The van der Waals surface area contributed by atoms with Crippen molar-refractivity contribution in [1.82, 2.24) is 5.32 Å². The van der Waals surface area contributed by atoms with Crippen molar-refractivity contribution in [1.29, 1.82) is 0 Å². The zero-order valence-electron chi connectivity index (χ0n) is 13.2. The molecule has 0 radical (unpaired) electrons. The quantitative estimate of drug-likeness (QED) is 0.633. The number of alkyl halides is 2. The molecule has 0 saturated carbocycles. The number of unbranched alkanes of at least 4 members (excludes halogenated alkanes) is 1. The molecule has 21 heavy (non-hydrogen) atoms. The van der Waals surface area contributed by atoms with Gasteiger partial charge in [-0.05, 0) is 37.5 Å². The Morgan fingerprint density at radius 3 is 2.24 bits per heavy atom. The molecule has 1 aromatic rings. The van der Waals surface area contributed by atoms with Crippen LogP contribution in [0.2, 0.25) is 0 Å². The van der Waals surface area contributed by atoms with E-state index in [9.17, 15) is 8.78 Å². The molecule has 0 aliphatic carbocycles. The summed E-state index contributed by atoms with van der Waals surface area (Å²) in [7, 11) is 0. The Labute approximate surface area is 126 Å². The Balaban J connectivity index is 2.57. The number of halogens is 2. The van der Waals surface area contributed by atoms with Gasteiger partial charge in [-0.15, -0.1) is 0 Å². The molecule has 1 rings (SSSR count). The molecule has 4 heteroatoms. The van der Waals surface area contributed by atoms with Crippen LogP contribution >= 0.6 is 0 Å². The average Bonchev–Trinajstić information content (AvgIpc) is 2.45. The first-order valence-electron chi connectivity index (χ1n) is 7.87.